The van der Waals surface area contributed by atoms with Crippen LogP contribution in [0.4, 0.5) is 8.78 Å². The second-order valence-corrected chi connectivity index (χ2v) is 3.13. The summed E-state index contributed by atoms with van der Waals surface area (Å²) in [6, 6.07) is 3.11. The van der Waals surface area contributed by atoms with Crippen LogP contribution in [0.3, 0.4) is 0 Å². The maximum atomic E-state index is 12.8. The Labute approximate surface area is 85.7 Å². The van der Waals surface area contributed by atoms with Crippen LogP contribution in [0.15, 0.2) is 18.2 Å². The molecule has 3 nitrogen and oxygen atoms in total. The van der Waals surface area contributed by atoms with Crippen LogP contribution in [0.2, 0.25) is 0 Å². The van der Waals surface area contributed by atoms with Crippen molar-refractivity contribution in [1.82, 2.24) is 5.32 Å². The van der Waals surface area contributed by atoms with Gasteiger partial charge in [0.15, 0.2) is 11.6 Å². The highest BCUT2D eigenvalue weighted by Crippen LogP contribution is 2.15. The topological polar surface area (TPSA) is 49.3 Å². The van der Waals surface area contributed by atoms with Crippen LogP contribution in [0.25, 0.3) is 0 Å². The molecule has 1 amide bonds. The third-order valence-electron chi connectivity index (χ3n) is 1.87. The fourth-order valence-corrected chi connectivity index (χ4v) is 1.08. The van der Waals surface area contributed by atoms with Crippen molar-refractivity contribution in [2.24, 2.45) is 0 Å². The van der Waals surface area contributed by atoms with E-state index < -0.39 is 17.7 Å². The van der Waals surface area contributed by atoms with Crippen LogP contribution >= 0.6 is 0 Å². The quantitative estimate of drug-likeness (QED) is 0.794. The van der Waals surface area contributed by atoms with Gasteiger partial charge in [-0.25, -0.2) is 8.78 Å². The van der Waals surface area contributed by atoms with Crippen molar-refractivity contribution in [3.63, 3.8) is 0 Å². The number of amides is 1. The van der Waals surface area contributed by atoms with Crippen molar-refractivity contribution in [1.29, 1.82) is 0 Å². The highest BCUT2D eigenvalue weighted by molar-refractivity contribution is 5.72. The van der Waals surface area contributed by atoms with Gasteiger partial charge in [-0.05, 0) is 17.7 Å². The molecule has 0 saturated heterocycles. The normalized spacial score (nSPS) is 12.3. The Morgan fingerprint density at radius 1 is 1.47 bits per heavy atom. The monoisotopic (exact) mass is 215 g/mol. The molecule has 0 heterocycles. The van der Waals surface area contributed by atoms with Gasteiger partial charge in [0, 0.05) is 13.5 Å². The largest absolute Gasteiger partial charge is 0.387 e. The summed E-state index contributed by atoms with van der Waals surface area (Å²) in [7, 11) is 0. The lowest BCUT2D eigenvalue weighted by atomic mass is 10.1. The average Bonchev–Trinajstić information content (AvgIpc) is 2.18. The summed E-state index contributed by atoms with van der Waals surface area (Å²) in [6.45, 7) is 1.28. The molecule has 0 fully saturated rings. The first kappa shape index (κ1) is 11.6. The summed E-state index contributed by atoms with van der Waals surface area (Å²) in [6.07, 6.45) is -1.04. The number of hydrogen-bond donors (Lipinski definition) is 2. The zero-order valence-electron chi connectivity index (χ0n) is 8.13. The summed E-state index contributed by atoms with van der Waals surface area (Å²) in [4.78, 5) is 10.5. The molecule has 1 rings (SSSR count). The van der Waals surface area contributed by atoms with Gasteiger partial charge in [-0.3, -0.25) is 4.79 Å². The lowest BCUT2D eigenvalue weighted by Gasteiger charge is -2.11. The number of carbonyl (C=O) groups is 1. The van der Waals surface area contributed by atoms with E-state index in [9.17, 15) is 18.7 Å². The summed E-state index contributed by atoms with van der Waals surface area (Å²) in [5, 5.41) is 11.9. The molecule has 0 aliphatic heterocycles. The van der Waals surface area contributed by atoms with Crippen molar-refractivity contribution in [2.75, 3.05) is 6.54 Å². The van der Waals surface area contributed by atoms with Crippen LogP contribution in [0.1, 0.15) is 18.6 Å². The van der Waals surface area contributed by atoms with Gasteiger partial charge in [0.1, 0.15) is 0 Å². The fraction of sp³-hybridized carbons (Fsp3) is 0.300. The van der Waals surface area contributed by atoms with Crippen molar-refractivity contribution < 1.29 is 18.7 Å². The van der Waals surface area contributed by atoms with Crippen LogP contribution in [0.5, 0.6) is 0 Å². The van der Waals surface area contributed by atoms with Crippen LogP contribution in [0, 0.1) is 11.6 Å². The molecule has 0 bridgehead atoms. The molecule has 0 radical (unpaired) electrons. The number of aliphatic hydroxyl groups excluding tert-OH is 1. The van der Waals surface area contributed by atoms with E-state index in [2.05, 4.69) is 5.32 Å². The van der Waals surface area contributed by atoms with Gasteiger partial charge in [-0.1, -0.05) is 6.07 Å². The molecule has 0 aliphatic carbocycles. The molecule has 0 aliphatic rings. The predicted molar refractivity (Wildman–Crippen MR) is 50.0 cm³/mol. The summed E-state index contributed by atoms with van der Waals surface area (Å²) in [5.74, 6) is -2.28. The van der Waals surface area contributed by atoms with Crippen LogP contribution < -0.4 is 5.32 Å². The molecular formula is C10H11F2NO2. The molecule has 82 valence electrons. The Kier molecular flexibility index (Phi) is 3.74. The number of rotatable bonds is 3. The van der Waals surface area contributed by atoms with Gasteiger partial charge in [0.25, 0.3) is 0 Å². The van der Waals surface area contributed by atoms with Gasteiger partial charge in [-0.2, -0.15) is 0 Å². The molecule has 2 N–H and O–H groups in total. The number of aliphatic hydroxyl groups is 1. The molecule has 0 spiro atoms. The minimum Gasteiger partial charge on any atom is -0.387 e. The molecule has 1 aromatic carbocycles. The SMILES string of the molecule is CC(=O)NCC(O)c1ccc(F)c(F)c1. The number of benzene rings is 1. The molecule has 0 saturated carbocycles. The van der Waals surface area contributed by atoms with Gasteiger partial charge < -0.3 is 10.4 Å². The smallest absolute Gasteiger partial charge is 0.216 e. The molecule has 0 aromatic heterocycles. The summed E-state index contributed by atoms with van der Waals surface area (Å²) < 4.78 is 25.3. The molecule has 1 aromatic rings. The number of halogens is 2. The van der Waals surface area contributed by atoms with Crippen molar-refractivity contribution in [3.8, 4) is 0 Å². The molecule has 5 heteroatoms. The highest BCUT2D eigenvalue weighted by Gasteiger charge is 2.10. The maximum absolute atomic E-state index is 12.8. The van der Waals surface area contributed by atoms with Crippen LogP contribution in [-0.2, 0) is 4.79 Å². The third-order valence-corrected chi connectivity index (χ3v) is 1.87. The first-order valence-electron chi connectivity index (χ1n) is 4.38. The minimum atomic E-state index is -1.04. The van der Waals surface area contributed by atoms with E-state index >= 15 is 0 Å². The van der Waals surface area contributed by atoms with Gasteiger partial charge in [-0.15, -0.1) is 0 Å². The predicted octanol–water partition coefficient (Wildman–Crippen LogP) is 1.13. The summed E-state index contributed by atoms with van der Waals surface area (Å²) >= 11 is 0. The Balaban J connectivity index is 2.69. The van der Waals surface area contributed by atoms with Gasteiger partial charge in [0.2, 0.25) is 5.91 Å². The molecule has 1 atom stereocenters. The average molecular weight is 215 g/mol. The zero-order chi connectivity index (χ0) is 11.4. The van der Waals surface area contributed by atoms with E-state index in [4.69, 9.17) is 0 Å². The van der Waals surface area contributed by atoms with Crippen molar-refractivity contribution in [2.45, 2.75) is 13.0 Å². The Hall–Kier alpha value is -1.49. The Morgan fingerprint density at radius 2 is 2.13 bits per heavy atom. The molecule has 1 unspecified atom stereocenters. The van der Waals surface area contributed by atoms with E-state index in [-0.39, 0.29) is 18.0 Å². The first-order valence-corrected chi connectivity index (χ1v) is 4.38. The third kappa shape index (κ3) is 3.28. The van der Waals surface area contributed by atoms with Crippen LogP contribution in [-0.4, -0.2) is 17.6 Å². The Morgan fingerprint density at radius 3 is 2.67 bits per heavy atom. The zero-order valence-corrected chi connectivity index (χ0v) is 8.13. The van der Waals surface area contributed by atoms with E-state index in [0.29, 0.717) is 0 Å². The first-order chi connectivity index (χ1) is 7.00. The second kappa shape index (κ2) is 4.84. The lowest BCUT2D eigenvalue weighted by molar-refractivity contribution is -0.119. The van der Waals surface area contributed by atoms with E-state index in [1.807, 2.05) is 0 Å². The second-order valence-electron chi connectivity index (χ2n) is 3.13. The molecule has 15 heavy (non-hydrogen) atoms. The summed E-state index contributed by atoms with van der Waals surface area (Å²) in [5.41, 5.74) is 0.225. The molecular weight excluding hydrogens is 204 g/mol. The van der Waals surface area contributed by atoms with Gasteiger partial charge >= 0.3 is 0 Å². The van der Waals surface area contributed by atoms with E-state index in [0.717, 1.165) is 12.1 Å². The van der Waals surface area contributed by atoms with Gasteiger partial charge in [0.05, 0.1) is 6.10 Å². The fourth-order valence-electron chi connectivity index (χ4n) is 1.08. The Bertz CT molecular complexity index is 368. The minimum absolute atomic E-state index is 0.0274. The number of nitrogens with one attached hydrogen (secondary N) is 1. The van der Waals surface area contributed by atoms with E-state index in [1.165, 1.54) is 13.0 Å². The number of hydrogen-bond acceptors (Lipinski definition) is 2. The van der Waals surface area contributed by atoms with E-state index in [1.54, 1.807) is 0 Å². The maximum Gasteiger partial charge on any atom is 0.216 e. The van der Waals surface area contributed by atoms with Crippen molar-refractivity contribution in [3.05, 3.63) is 35.4 Å². The standard InChI is InChI=1S/C10H11F2NO2/c1-6(14)13-5-10(15)7-2-3-8(11)9(12)4-7/h2-4,10,15H,5H2,1H3,(H,13,14). The highest BCUT2D eigenvalue weighted by atomic mass is 19.2. The van der Waals surface area contributed by atoms with Crippen molar-refractivity contribution >= 4 is 5.91 Å². The number of carbonyl (C=O) groups excluding carboxylic acids is 1. The lowest BCUT2D eigenvalue weighted by Crippen LogP contribution is -2.25.